The minimum Gasteiger partial charge on any atom is -0.354 e. The van der Waals surface area contributed by atoms with Crippen LogP contribution in [0.1, 0.15) is 50.2 Å². The smallest absolute Gasteiger partial charge is 0.0512 e. The SMILES string of the molecule is CC1CC2CCC3(c4ccccc4-c4ccc5c([nH]c6ccccc65)c43)C(C1)C2. The zero-order valence-corrected chi connectivity index (χ0v) is 17.0. The van der Waals surface area contributed by atoms with Crippen molar-refractivity contribution in [1.29, 1.82) is 0 Å². The molecule has 1 N–H and O–H groups in total. The van der Waals surface area contributed by atoms with Crippen LogP contribution in [-0.4, -0.2) is 4.98 Å². The first-order chi connectivity index (χ1) is 14.3. The summed E-state index contributed by atoms with van der Waals surface area (Å²) in [6.07, 6.45) is 6.92. The van der Waals surface area contributed by atoms with E-state index in [1.807, 2.05) is 0 Å². The molecule has 3 aliphatic carbocycles. The molecule has 0 aliphatic heterocycles. The van der Waals surface area contributed by atoms with Crippen LogP contribution in [0.3, 0.4) is 0 Å². The molecule has 144 valence electrons. The molecule has 1 aromatic heterocycles. The van der Waals surface area contributed by atoms with Gasteiger partial charge in [0.2, 0.25) is 0 Å². The zero-order valence-electron chi connectivity index (χ0n) is 17.0. The van der Waals surface area contributed by atoms with E-state index in [0.717, 1.165) is 17.8 Å². The van der Waals surface area contributed by atoms with E-state index in [1.165, 1.54) is 65.0 Å². The fraction of sp³-hybridized carbons (Fsp3) is 0.357. The summed E-state index contributed by atoms with van der Waals surface area (Å²) < 4.78 is 0. The van der Waals surface area contributed by atoms with Gasteiger partial charge in [0.25, 0.3) is 0 Å². The molecule has 0 radical (unpaired) electrons. The number of hydrogen-bond acceptors (Lipinski definition) is 0. The number of benzene rings is 3. The fourth-order valence-electron chi connectivity index (χ4n) is 7.55. The van der Waals surface area contributed by atoms with Crippen molar-refractivity contribution in [2.45, 2.75) is 44.4 Å². The minimum atomic E-state index is 0.192. The molecule has 4 atom stereocenters. The maximum Gasteiger partial charge on any atom is 0.0512 e. The standard InChI is InChI=1S/C28H27N/c1-17-14-18-12-13-28(19(15-17)16-18)24-8-4-2-6-20(24)22-10-11-23-21-7-3-5-9-25(21)29-27(23)26(22)28/h2-11,17-19,29H,12-16H2,1H3. The molecule has 1 heteroatoms. The number of nitrogens with one attached hydrogen (secondary N) is 1. The second-order valence-electron chi connectivity index (χ2n) is 10.0. The molecular formula is C28H27N. The van der Waals surface area contributed by atoms with Crippen LogP contribution in [-0.2, 0) is 5.41 Å². The van der Waals surface area contributed by atoms with E-state index in [1.54, 1.807) is 11.1 Å². The molecule has 2 bridgehead atoms. The summed E-state index contributed by atoms with van der Waals surface area (Å²) in [6.45, 7) is 2.49. The summed E-state index contributed by atoms with van der Waals surface area (Å²) in [5.74, 6) is 2.56. The summed E-state index contributed by atoms with van der Waals surface area (Å²) in [6, 6.07) is 22.9. The number of hydrogen-bond donors (Lipinski definition) is 1. The maximum atomic E-state index is 3.87. The van der Waals surface area contributed by atoms with Crippen LogP contribution in [0.25, 0.3) is 32.9 Å². The van der Waals surface area contributed by atoms with Crippen LogP contribution >= 0.6 is 0 Å². The van der Waals surface area contributed by atoms with Crippen LogP contribution < -0.4 is 0 Å². The Hall–Kier alpha value is -2.54. The Bertz CT molecular complexity index is 1280. The lowest BCUT2D eigenvalue weighted by Crippen LogP contribution is -2.44. The number of rotatable bonds is 0. The molecule has 0 saturated heterocycles. The van der Waals surface area contributed by atoms with Gasteiger partial charge in [0.15, 0.2) is 0 Å². The van der Waals surface area contributed by atoms with Gasteiger partial charge in [0, 0.05) is 21.7 Å². The Morgan fingerprint density at radius 1 is 0.828 bits per heavy atom. The number of aromatic nitrogens is 1. The van der Waals surface area contributed by atoms with E-state index in [4.69, 9.17) is 0 Å². The number of para-hydroxylation sites is 1. The van der Waals surface area contributed by atoms with Gasteiger partial charge in [0.05, 0.1) is 5.52 Å². The van der Waals surface area contributed by atoms with Crippen molar-refractivity contribution in [1.82, 2.24) is 4.98 Å². The van der Waals surface area contributed by atoms with Gasteiger partial charge in [-0.3, -0.25) is 0 Å². The molecule has 4 unspecified atom stereocenters. The van der Waals surface area contributed by atoms with E-state index in [2.05, 4.69) is 72.6 Å². The largest absolute Gasteiger partial charge is 0.354 e. The third kappa shape index (κ3) is 1.96. The van der Waals surface area contributed by atoms with Crippen molar-refractivity contribution in [2.24, 2.45) is 17.8 Å². The molecule has 2 fully saturated rings. The lowest BCUT2D eigenvalue weighted by molar-refractivity contribution is 0.0862. The normalized spacial score (nSPS) is 30.0. The van der Waals surface area contributed by atoms with Crippen molar-refractivity contribution in [2.75, 3.05) is 0 Å². The average molecular weight is 378 g/mol. The van der Waals surface area contributed by atoms with Gasteiger partial charge in [-0.25, -0.2) is 0 Å². The highest BCUT2D eigenvalue weighted by atomic mass is 14.7. The molecule has 3 aromatic carbocycles. The molecule has 2 saturated carbocycles. The predicted octanol–water partition coefficient (Wildman–Crippen LogP) is 7.43. The van der Waals surface area contributed by atoms with Gasteiger partial charge >= 0.3 is 0 Å². The number of aromatic amines is 1. The van der Waals surface area contributed by atoms with E-state index >= 15 is 0 Å². The van der Waals surface area contributed by atoms with Gasteiger partial charge in [-0.2, -0.15) is 0 Å². The van der Waals surface area contributed by atoms with Gasteiger partial charge in [-0.05, 0) is 78.2 Å². The molecule has 1 spiro atoms. The van der Waals surface area contributed by atoms with Crippen molar-refractivity contribution < 1.29 is 0 Å². The van der Waals surface area contributed by atoms with Crippen molar-refractivity contribution >= 4 is 21.8 Å². The molecule has 7 rings (SSSR count). The second kappa shape index (κ2) is 5.53. The quantitative estimate of drug-likeness (QED) is 0.328. The van der Waals surface area contributed by atoms with Gasteiger partial charge < -0.3 is 4.98 Å². The first-order valence-electron chi connectivity index (χ1n) is 11.4. The van der Waals surface area contributed by atoms with E-state index < -0.39 is 0 Å². The van der Waals surface area contributed by atoms with Crippen LogP contribution in [0.5, 0.6) is 0 Å². The van der Waals surface area contributed by atoms with Crippen molar-refractivity contribution in [3.63, 3.8) is 0 Å². The van der Waals surface area contributed by atoms with Crippen molar-refractivity contribution in [3.8, 4) is 11.1 Å². The summed E-state index contributed by atoms with van der Waals surface area (Å²) in [7, 11) is 0. The summed E-state index contributed by atoms with van der Waals surface area (Å²) in [5.41, 5.74) is 9.06. The van der Waals surface area contributed by atoms with Gasteiger partial charge in [-0.15, -0.1) is 0 Å². The zero-order chi connectivity index (χ0) is 19.2. The van der Waals surface area contributed by atoms with E-state index in [0.29, 0.717) is 0 Å². The first-order valence-corrected chi connectivity index (χ1v) is 11.4. The van der Waals surface area contributed by atoms with Crippen LogP contribution in [0.15, 0.2) is 60.7 Å². The van der Waals surface area contributed by atoms with Crippen LogP contribution in [0, 0.1) is 17.8 Å². The first kappa shape index (κ1) is 16.3. The van der Waals surface area contributed by atoms with Crippen molar-refractivity contribution in [3.05, 3.63) is 71.8 Å². The second-order valence-corrected chi connectivity index (χ2v) is 10.0. The van der Waals surface area contributed by atoms with E-state index in [-0.39, 0.29) is 5.41 Å². The Labute approximate surface area is 172 Å². The van der Waals surface area contributed by atoms with Gasteiger partial charge in [-0.1, -0.05) is 61.5 Å². The summed E-state index contributed by atoms with van der Waals surface area (Å²) >= 11 is 0. The third-order valence-electron chi connectivity index (χ3n) is 8.51. The molecule has 1 nitrogen and oxygen atoms in total. The maximum absolute atomic E-state index is 3.87. The van der Waals surface area contributed by atoms with Crippen LogP contribution in [0.4, 0.5) is 0 Å². The topological polar surface area (TPSA) is 15.8 Å². The summed E-state index contributed by atoms with van der Waals surface area (Å²) in [5, 5.41) is 2.76. The Kier molecular flexibility index (Phi) is 3.11. The lowest BCUT2D eigenvalue weighted by Gasteiger charge is -2.50. The highest BCUT2D eigenvalue weighted by Crippen LogP contribution is 2.63. The molecule has 0 amide bonds. The Morgan fingerprint density at radius 3 is 2.66 bits per heavy atom. The summed E-state index contributed by atoms with van der Waals surface area (Å²) in [4.78, 5) is 3.87. The highest BCUT2D eigenvalue weighted by molar-refractivity contribution is 6.11. The molecule has 4 aromatic rings. The predicted molar refractivity (Wildman–Crippen MR) is 121 cm³/mol. The molecular weight excluding hydrogens is 350 g/mol. The van der Waals surface area contributed by atoms with Gasteiger partial charge in [0.1, 0.15) is 0 Å². The van der Waals surface area contributed by atoms with E-state index in [9.17, 15) is 0 Å². The Morgan fingerprint density at radius 2 is 1.69 bits per heavy atom. The molecule has 1 heterocycles. The highest BCUT2D eigenvalue weighted by Gasteiger charge is 2.53. The average Bonchev–Trinajstić information content (AvgIpc) is 3.25. The monoisotopic (exact) mass is 377 g/mol. The Balaban J connectivity index is 1.60. The lowest BCUT2D eigenvalue weighted by atomic mass is 9.53. The number of H-pyrrole nitrogens is 1. The minimum absolute atomic E-state index is 0.192. The molecule has 29 heavy (non-hydrogen) atoms. The molecule has 3 aliphatic rings. The third-order valence-corrected chi connectivity index (χ3v) is 8.51. The van der Waals surface area contributed by atoms with Crippen LogP contribution in [0.2, 0.25) is 0 Å². The number of fused-ring (bicyclic) bond motifs is 12. The fourth-order valence-corrected chi connectivity index (χ4v) is 7.55.